The van der Waals surface area contributed by atoms with Crippen molar-refractivity contribution in [3.05, 3.63) is 215 Å². The number of aromatic nitrogens is 2. The molecule has 0 aliphatic rings. The third-order valence-electron chi connectivity index (χ3n) is 16.5. The summed E-state index contributed by atoms with van der Waals surface area (Å²) in [5, 5.41) is 10.5. The van der Waals surface area contributed by atoms with Crippen LogP contribution < -0.4 is 0 Å². The average Bonchev–Trinajstić information content (AvgIpc) is 4.09. The van der Waals surface area contributed by atoms with Crippen LogP contribution in [0.1, 0.15) is 103 Å². The number of rotatable bonds is 6. The van der Waals surface area contributed by atoms with E-state index in [4.69, 9.17) is 0 Å². The van der Waals surface area contributed by atoms with Crippen LogP contribution in [0.4, 0.5) is 0 Å². The second kappa shape index (κ2) is 14.6. The van der Waals surface area contributed by atoms with Gasteiger partial charge >= 0.3 is 0 Å². The molecule has 0 atom stereocenters. The zero-order valence-electron chi connectivity index (χ0n) is 42.2. The molecule has 0 bridgehead atoms. The highest BCUT2D eigenvalue weighted by atomic mass is 14.9. The minimum atomic E-state index is -0.230. The Balaban J connectivity index is 1.16. The second-order valence-corrected chi connectivity index (χ2v) is 23.4. The molecule has 13 aromatic rings. The average molecular weight is 905 g/mol. The van der Waals surface area contributed by atoms with E-state index in [1.807, 2.05) is 0 Å². The fourth-order valence-corrected chi connectivity index (χ4v) is 12.2. The van der Waals surface area contributed by atoms with Gasteiger partial charge in [-0.15, -0.1) is 0 Å². The Labute approximate surface area is 411 Å². The van der Waals surface area contributed by atoms with Crippen LogP contribution in [-0.4, -0.2) is 8.80 Å². The number of benzene rings is 9. The lowest BCUT2D eigenvalue weighted by molar-refractivity contribution is 0.587. The van der Waals surface area contributed by atoms with E-state index in [1.54, 1.807) is 0 Å². The van der Waals surface area contributed by atoms with Gasteiger partial charge in [0.05, 0.1) is 33.1 Å². The first-order chi connectivity index (χ1) is 33.5. The minimum absolute atomic E-state index is 0.0960. The first kappa shape index (κ1) is 42.7. The molecular formula is C68H60N2. The van der Waals surface area contributed by atoms with E-state index in [1.165, 1.54) is 132 Å². The van der Waals surface area contributed by atoms with Crippen molar-refractivity contribution in [2.24, 2.45) is 0 Å². The Kier molecular flexibility index (Phi) is 8.88. The minimum Gasteiger partial charge on any atom is -0.308 e. The van der Waals surface area contributed by atoms with Crippen LogP contribution in [0.15, 0.2) is 182 Å². The molecule has 2 heteroatoms. The molecular weight excluding hydrogens is 845 g/mol. The van der Waals surface area contributed by atoms with Crippen molar-refractivity contribution in [3.63, 3.8) is 0 Å². The smallest absolute Gasteiger partial charge is 0.0634 e. The summed E-state index contributed by atoms with van der Waals surface area (Å²) in [5.74, 6) is 0. The molecule has 0 amide bonds. The maximum atomic E-state index is 2.64. The topological polar surface area (TPSA) is 8.82 Å². The van der Waals surface area contributed by atoms with Crippen molar-refractivity contribution in [2.45, 2.75) is 90.9 Å². The molecule has 0 fully saturated rings. The Hall–Kier alpha value is -7.42. The first-order valence-electron chi connectivity index (χ1n) is 25.3. The third kappa shape index (κ3) is 6.05. The Bertz CT molecular complexity index is 3910. The lowest BCUT2D eigenvalue weighted by atomic mass is 9.76. The van der Waals surface area contributed by atoms with Crippen LogP contribution in [-0.2, 0) is 21.7 Å². The molecule has 0 saturated carbocycles. The molecule has 0 unspecified atom stereocenters. The molecule has 0 N–H and O–H groups in total. The summed E-state index contributed by atoms with van der Waals surface area (Å²) >= 11 is 0. The Morgan fingerprint density at radius 2 is 0.543 bits per heavy atom. The van der Waals surface area contributed by atoms with Gasteiger partial charge in [0.1, 0.15) is 0 Å². The zero-order chi connectivity index (χ0) is 48.2. The Morgan fingerprint density at radius 1 is 0.257 bits per heavy atom. The van der Waals surface area contributed by atoms with E-state index in [0.717, 1.165) is 0 Å². The van der Waals surface area contributed by atoms with Crippen LogP contribution in [0.5, 0.6) is 0 Å². The van der Waals surface area contributed by atoms with Gasteiger partial charge in [-0.2, -0.15) is 0 Å². The normalized spacial score (nSPS) is 13.3. The third-order valence-corrected chi connectivity index (χ3v) is 16.5. The fraction of sp³-hybridized carbons (Fsp3) is 0.206. The van der Waals surface area contributed by atoms with E-state index in [9.17, 15) is 0 Å². The van der Waals surface area contributed by atoms with Crippen LogP contribution in [0.2, 0.25) is 0 Å². The standard InChI is InChI=1S/C68H60N2/c1-65(2,3)45-23-27-47(28-24-45)67(7,8)49-31-35-53-57(39-49)69-55-37-43(41-17-13-11-14-18-41)21-33-51(55)60-62-54-36-32-50(68(9,10)48-29-25-46(26-30-48)66(4,5)6)40-58(54)70-56-38-44(42-19-15-12-16-20-42)22-34-52(56)59(64(62)70)61(53)63(60)69/h11-40H,1-10H3. The monoisotopic (exact) mass is 904 g/mol. The van der Waals surface area contributed by atoms with Gasteiger partial charge in [0.2, 0.25) is 0 Å². The molecule has 9 aromatic carbocycles. The molecule has 0 aliphatic heterocycles. The van der Waals surface area contributed by atoms with Crippen LogP contribution in [0.25, 0.3) is 98.4 Å². The maximum absolute atomic E-state index is 2.64. The van der Waals surface area contributed by atoms with Gasteiger partial charge in [0.25, 0.3) is 0 Å². The van der Waals surface area contributed by atoms with Crippen LogP contribution in [0, 0.1) is 0 Å². The molecule has 0 radical (unpaired) electrons. The summed E-state index contributed by atoms with van der Waals surface area (Å²) in [4.78, 5) is 0. The van der Waals surface area contributed by atoms with E-state index < -0.39 is 0 Å². The molecule has 4 heterocycles. The molecule has 0 aliphatic carbocycles. The van der Waals surface area contributed by atoms with E-state index in [2.05, 4.69) is 260 Å². The molecule has 4 aromatic heterocycles. The lowest BCUT2D eigenvalue weighted by Crippen LogP contribution is -2.19. The summed E-state index contributed by atoms with van der Waals surface area (Å²) < 4.78 is 5.27. The highest BCUT2D eigenvalue weighted by Crippen LogP contribution is 2.53. The van der Waals surface area contributed by atoms with Crippen LogP contribution in [0.3, 0.4) is 0 Å². The number of hydrogen-bond donors (Lipinski definition) is 0. The molecule has 0 saturated heterocycles. The van der Waals surface area contributed by atoms with Crippen molar-refractivity contribution >= 4 is 76.2 Å². The van der Waals surface area contributed by atoms with E-state index in [0.29, 0.717) is 0 Å². The molecule has 0 spiro atoms. The van der Waals surface area contributed by atoms with Crippen molar-refractivity contribution < 1.29 is 0 Å². The summed E-state index contributed by atoms with van der Waals surface area (Å²) in [6, 6.07) is 69.6. The molecule has 13 rings (SSSR count). The van der Waals surface area contributed by atoms with Crippen molar-refractivity contribution in [2.75, 3.05) is 0 Å². The van der Waals surface area contributed by atoms with Gasteiger partial charge in [-0.05, 0) is 90.7 Å². The largest absolute Gasteiger partial charge is 0.308 e. The molecule has 2 nitrogen and oxygen atoms in total. The van der Waals surface area contributed by atoms with Gasteiger partial charge < -0.3 is 8.80 Å². The van der Waals surface area contributed by atoms with Crippen LogP contribution >= 0.6 is 0 Å². The predicted molar refractivity (Wildman–Crippen MR) is 301 cm³/mol. The highest BCUT2D eigenvalue weighted by molar-refractivity contribution is 6.45. The van der Waals surface area contributed by atoms with Gasteiger partial charge in [0.15, 0.2) is 0 Å². The lowest BCUT2D eigenvalue weighted by Gasteiger charge is -2.28. The van der Waals surface area contributed by atoms with Crippen molar-refractivity contribution in [1.29, 1.82) is 0 Å². The zero-order valence-corrected chi connectivity index (χ0v) is 42.2. The summed E-state index contributed by atoms with van der Waals surface area (Å²) in [7, 11) is 0. The summed E-state index contributed by atoms with van der Waals surface area (Å²) in [6.07, 6.45) is 0. The first-order valence-corrected chi connectivity index (χ1v) is 25.3. The van der Waals surface area contributed by atoms with E-state index >= 15 is 0 Å². The maximum Gasteiger partial charge on any atom is 0.0634 e. The number of hydrogen-bond acceptors (Lipinski definition) is 0. The fourth-order valence-electron chi connectivity index (χ4n) is 12.2. The molecule has 70 heavy (non-hydrogen) atoms. The van der Waals surface area contributed by atoms with Crippen molar-refractivity contribution in [3.8, 4) is 22.3 Å². The van der Waals surface area contributed by atoms with Crippen molar-refractivity contribution in [1.82, 2.24) is 8.80 Å². The SMILES string of the molecule is CC(C)(C)c1ccc(C(C)(C)c2ccc3c4c5c6ccc(-c7ccccc7)cc6n6c7cc(C(C)(C)c8ccc(C(C)(C)C)cc8)ccc7c(c7c8ccc(-c9ccccc9)cc8n(c3c2)c74)c56)cc1. The Morgan fingerprint density at radius 3 is 0.871 bits per heavy atom. The summed E-state index contributed by atoms with van der Waals surface area (Å²) in [6.45, 7) is 23.3. The number of fused-ring (bicyclic) bond motifs is 14. The highest BCUT2D eigenvalue weighted by Gasteiger charge is 2.32. The summed E-state index contributed by atoms with van der Waals surface area (Å²) in [5.41, 5.74) is 20.2. The second-order valence-electron chi connectivity index (χ2n) is 23.4. The van der Waals surface area contributed by atoms with Gasteiger partial charge in [-0.1, -0.05) is 227 Å². The van der Waals surface area contributed by atoms with Gasteiger partial charge in [0, 0.05) is 53.9 Å². The predicted octanol–water partition coefficient (Wildman–Crippen LogP) is 18.6. The van der Waals surface area contributed by atoms with Gasteiger partial charge in [-0.3, -0.25) is 0 Å². The number of nitrogens with zero attached hydrogens (tertiary/aromatic N) is 2. The van der Waals surface area contributed by atoms with Gasteiger partial charge in [-0.25, -0.2) is 0 Å². The molecule has 342 valence electrons. The quantitative estimate of drug-likeness (QED) is 0.157. The van der Waals surface area contributed by atoms with E-state index in [-0.39, 0.29) is 21.7 Å².